The van der Waals surface area contributed by atoms with E-state index in [1.54, 1.807) is 7.05 Å². The summed E-state index contributed by atoms with van der Waals surface area (Å²) in [5, 5.41) is 8.98. The molecule has 2 amide bonds. The Kier molecular flexibility index (Phi) is 4.94. The van der Waals surface area contributed by atoms with Crippen molar-refractivity contribution >= 4 is 18.0 Å². The van der Waals surface area contributed by atoms with Gasteiger partial charge in [-0.3, -0.25) is 4.79 Å². The highest BCUT2D eigenvalue weighted by Crippen LogP contribution is 2.18. The molecule has 0 spiro atoms. The summed E-state index contributed by atoms with van der Waals surface area (Å²) < 4.78 is 4.48. The fourth-order valence-corrected chi connectivity index (χ4v) is 1.93. The van der Waals surface area contributed by atoms with Gasteiger partial charge in [-0.2, -0.15) is 0 Å². The molecule has 1 aliphatic rings. The Morgan fingerprint density at radius 1 is 1.44 bits per heavy atom. The number of hydrogen-bond donors (Lipinski definition) is 1. The van der Waals surface area contributed by atoms with E-state index in [2.05, 4.69) is 4.74 Å². The SMILES string of the molecule is COC(=O)CCN(C)C(=O)N1CCC[C@@H]1C(=O)O. The van der Waals surface area contributed by atoms with Crippen LogP contribution in [0.5, 0.6) is 0 Å². The summed E-state index contributed by atoms with van der Waals surface area (Å²) in [5.41, 5.74) is 0. The van der Waals surface area contributed by atoms with E-state index in [9.17, 15) is 14.4 Å². The average Bonchev–Trinajstić information content (AvgIpc) is 2.83. The van der Waals surface area contributed by atoms with Crippen LogP contribution in [0.4, 0.5) is 4.79 Å². The van der Waals surface area contributed by atoms with E-state index in [-0.39, 0.29) is 19.0 Å². The molecule has 1 N–H and O–H groups in total. The van der Waals surface area contributed by atoms with Crippen molar-refractivity contribution < 1.29 is 24.2 Å². The lowest BCUT2D eigenvalue weighted by Gasteiger charge is -2.27. The number of urea groups is 1. The van der Waals surface area contributed by atoms with Crippen molar-refractivity contribution in [3.63, 3.8) is 0 Å². The summed E-state index contributed by atoms with van der Waals surface area (Å²) in [6.45, 7) is 0.659. The summed E-state index contributed by atoms with van der Waals surface area (Å²) in [5.74, 6) is -1.38. The molecule has 7 heteroatoms. The van der Waals surface area contributed by atoms with Crippen LogP contribution in [0.2, 0.25) is 0 Å². The number of carbonyl (C=O) groups is 3. The minimum Gasteiger partial charge on any atom is -0.480 e. The van der Waals surface area contributed by atoms with Crippen molar-refractivity contribution in [3.8, 4) is 0 Å². The highest BCUT2D eigenvalue weighted by atomic mass is 16.5. The molecule has 102 valence electrons. The first kappa shape index (κ1) is 14.3. The maximum Gasteiger partial charge on any atom is 0.326 e. The van der Waals surface area contributed by atoms with Gasteiger partial charge in [0.05, 0.1) is 13.5 Å². The molecule has 0 bridgehead atoms. The quantitative estimate of drug-likeness (QED) is 0.725. The lowest BCUT2D eigenvalue weighted by atomic mass is 10.2. The molecule has 18 heavy (non-hydrogen) atoms. The second-order valence-electron chi connectivity index (χ2n) is 4.22. The Bertz CT molecular complexity index is 344. The molecule has 0 unspecified atom stereocenters. The lowest BCUT2D eigenvalue weighted by molar-refractivity contribution is -0.142. The van der Waals surface area contributed by atoms with Gasteiger partial charge in [0.1, 0.15) is 6.04 Å². The second-order valence-corrected chi connectivity index (χ2v) is 4.22. The maximum absolute atomic E-state index is 12.0. The van der Waals surface area contributed by atoms with Gasteiger partial charge in [0.15, 0.2) is 0 Å². The zero-order valence-corrected chi connectivity index (χ0v) is 10.6. The number of nitrogens with zero attached hydrogens (tertiary/aromatic N) is 2. The molecule has 1 atom stereocenters. The number of carboxylic acids is 1. The number of carbonyl (C=O) groups excluding carboxylic acids is 2. The first-order valence-electron chi connectivity index (χ1n) is 5.78. The number of carboxylic acid groups (broad SMARTS) is 1. The third-order valence-corrected chi connectivity index (χ3v) is 2.99. The van der Waals surface area contributed by atoms with Gasteiger partial charge in [-0.05, 0) is 12.8 Å². The van der Waals surface area contributed by atoms with E-state index in [0.717, 1.165) is 0 Å². The molecule has 1 rings (SSSR count). The van der Waals surface area contributed by atoms with Crippen molar-refractivity contribution in [2.24, 2.45) is 0 Å². The van der Waals surface area contributed by atoms with Crippen molar-refractivity contribution in [2.45, 2.75) is 25.3 Å². The summed E-state index contributed by atoms with van der Waals surface area (Å²) in [7, 11) is 2.83. The third-order valence-electron chi connectivity index (χ3n) is 2.99. The van der Waals surface area contributed by atoms with Crippen molar-refractivity contribution in [2.75, 3.05) is 27.2 Å². The number of rotatable bonds is 4. The smallest absolute Gasteiger partial charge is 0.326 e. The second kappa shape index (κ2) is 6.23. The van der Waals surface area contributed by atoms with E-state index in [1.807, 2.05) is 0 Å². The van der Waals surface area contributed by atoms with Gasteiger partial charge in [-0.15, -0.1) is 0 Å². The Morgan fingerprint density at radius 2 is 2.11 bits per heavy atom. The van der Waals surface area contributed by atoms with Crippen LogP contribution in [0.25, 0.3) is 0 Å². The molecule has 0 aliphatic carbocycles. The largest absolute Gasteiger partial charge is 0.480 e. The van der Waals surface area contributed by atoms with Crippen LogP contribution in [-0.2, 0) is 14.3 Å². The highest BCUT2D eigenvalue weighted by molar-refractivity contribution is 5.83. The molecular formula is C11H18N2O5. The van der Waals surface area contributed by atoms with E-state index in [0.29, 0.717) is 19.4 Å². The van der Waals surface area contributed by atoms with E-state index < -0.39 is 18.0 Å². The lowest BCUT2D eigenvalue weighted by Crippen LogP contribution is -2.47. The molecule has 0 aromatic heterocycles. The molecule has 0 aromatic carbocycles. The number of aliphatic carboxylic acids is 1. The van der Waals surface area contributed by atoms with Crippen LogP contribution in [0, 0.1) is 0 Å². The van der Waals surface area contributed by atoms with Gasteiger partial charge >= 0.3 is 18.0 Å². The maximum atomic E-state index is 12.0. The number of hydrogen-bond acceptors (Lipinski definition) is 4. The molecule has 0 aromatic rings. The van der Waals surface area contributed by atoms with Gasteiger partial charge < -0.3 is 19.6 Å². The predicted octanol–water partition coefficient (Wildman–Crippen LogP) is 0.150. The summed E-state index contributed by atoms with van der Waals surface area (Å²) in [6.07, 6.45) is 1.27. The van der Waals surface area contributed by atoms with E-state index in [4.69, 9.17) is 5.11 Å². The van der Waals surface area contributed by atoms with Gasteiger partial charge in [-0.1, -0.05) is 0 Å². The Labute approximate surface area is 105 Å². The standard InChI is InChI=1S/C11H18N2O5/c1-12(7-5-9(14)18-2)11(17)13-6-3-4-8(13)10(15)16/h8H,3-7H2,1-2H3,(H,15,16)/t8-/m1/s1. The number of esters is 1. The third kappa shape index (κ3) is 3.35. The number of amides is 2. The van der Waals surface area contributed by atoms with Crippen molar-refractivity contribution in [1.29, 1.82) is 0 Å². The molecule has 1 heterocycles. The topological polar surface area (TPSA) is 87.2 Å². The van der Waals surface area contributed by atoms with E-state index >= 15 is 0 Å². The van der Waals surface area contributed by atoms with Crippen LogP contribution < -0.4 is 0 Å². The Hall–Kier alpha value is -1.79. The van der Waals surface area contributed by atoms with Crippen molar-refractivity contribution in [1.82, 2.24) is 9.80 Å². The Balaban J connectivity index is 2.52. The molecule has 1 saturated heterocycles. The number of methoxy groups -OCH3 is 1. The first-order valence-corrected chi connectivity index (χ1v) is 5.78. The average molecular weight is 258 g/mol. The van der Waals surface area contributed by atoms with E-state index in [1.165, 1.54) is 16.9 Å². The Morgan fingerprint density at radius 3 is 2.67 bits per heavy atom. The molecule has 1 aliphatic heterocycles. The van der Waals surface area contributed by atoms with Gasteiger partial charge in [0.2, 0.25) is 0 Å². The van der Waals surface area contributed by atoms with Gasteiger partial charge in [0.25, 0.3) is 0 Å². The monoisotopic (exact) mass is 258 g/mol. The fraction of sp³-hybridized carbons (Fsp3) is 0.727. The molecule has 0 radical (unpaired) electrons. The summed E-state index contributed by atoms with van der Waals surface area (Å²) in [4.78, 5) is 36.6. The van der Waals surface area contributed by atoms with Crippen LogP contribution >= 0.6 is 0 Å². The highest BCUT2D eigenvalue weighted by Gasteiger charge is 2.35. The predicted molar refractivity (Wildman–Crippen MR) is 62.0 cm³/mol. The minimum absolute atomic E-state index is 0.102. The van der Waals surface area contributed by atoms with Gasteiger partial charge in [0, 0.05) is 20.1 Å². The molecule has 7 nitrogen and oxygen atoms in total. The normalized spacial score (nSPS) is 18.6. The summed E-state index contributed by atoms with van der Waals surface area (Å²) >= 11 is 0. The molecule has 0 saturated carbocycles. The number of ether oxygens (including phenoxy) is 1. The van der Waals surface area contributed by atoms with Crippen LogP contribution in [-0.4, -0.2) is 66.2 Å². The number of likely N-dealkylation sites (tertiary alicyclic amines) is 1. The molecule has 1 fully saturated rings. The van der Waals surface area contributed by atoms with Crippen molar-refractivity contribution in [3.05, 3.63) is 0 Å². The first-order chi connectivity index (χ1) is 8.47. The zero-order chi connectivity index (χ0) is 13.7. The van der Waals surface area contributed by atoms with Crippen LogP contribution in [0.3, 0.4) is 0 Å². The molecular weight excluding hydrogens is 240 g/mol. The summed E-state index contributed by atoms with van der Waals surface area (Å²) in [6, 6.07) is -1.11. The minimum atomic E-state index is -0.984. The van der Waals surface area contributed by atoms with Crippen LogP contribution in [0.1, 0.15) is 19.3 Å². The van der Waals surface area contributed by atoms with Gasteiger partial charge in [-0.25, -0.2) is 9.59 Å². The fourth-order valence-electron chi connectivity index (χ4n) is 1.93. The van der Waals surface area contributed by atoms with Crippen LogP contribution in [0.15, 0.2) is 0 Å². The zero-order valence-electron chi connectivity index (χ0n) is 10.6.